The summed E-state index contributed by atoms with van der Waals surface area (Å²) in [5.41, 5.74) is -0.395. The molecule has 2 aromatic rings. The van der Waals surface area contributed by atoms with Crippen LogP contribution < -0.4 is 10.1 Å². The molecule has 1 heterocycles. The average Bonchev–Trinajstić information content (AvgIpc) is 2.73. The minimum atomic E-state index is -1.17. The van der Waals surface area contributed by atoms with Crippen molar-refractivity contribution < 1.29 is 23.8 Å². The van der Waals surface area contributed by atoms with Crippen molar-refractivity contribution in [1.29, 1.82) is 0 Å². The van der Waals surface area contributed by atoms with E-state index in [1.165, 1.54) is 24.3 Å². The molecule has 1 saturated heterocycles. The fraction of sp³-hybridized carbons (Fsp3) is 0.381. The van der Waals surface area contributed by atoms with Gasteiger partial charge in [-0.25, -0.2) is 4.39 Å². The first-order valence-electron chi connectivity index (χ1n) is 9.08. The van der Waals surface area contributed by atoms with E-state index in [1.807, 2.05) is 30.3 Å². The highest BCUT2D eigenvalue weighted by molar-refractivity contribution is 5.77. The number of hydrogen-bond donors (Lipinski definition) is 2. The third-order valence-corrected chi connectivity index (χ3v) is 4.91. The summed E-state index contributed by atoms with van der Waals surface area (Å²) in [5.74, 6) is -0.307. The molecule has 1 aliphatic heterocycles. The van der Waals surface area contributed by atoms with Crippen LogP contribution in [0.15, 0.2) is 54.6 Å². The second-order valence-corrected chi connectivity index (χ2v) is 6.70. The molecule has 0 aromatic heterocycles. The van der Waals surface area contributed by atoms with E-state index in [-0.39, 0.29) is 30.8 Å². The lowest BCUT2D eigenvalue weighted by Gasteiger charge is -2.39. The van der Waals surface area contributed by atoms with Crippen LogP contribution in [0.25, 0.3) is 0 Å². The Hall–Kier alpha value is -2.44. The van der Waals surface area contributed by atoms with Gasteiger partial charge >= 0.3 is 0 Å². The van der Waals surface area contributed by atoms with Gasteiger partial charge in [0.05, 0.1) is 6.54 Å². The maximum Gasteiger partial charge on any atom is 0.258 e. The molecule has 27 heavy (non-hydrogen) atoms. The number of aliphatic hydroxyl groups is 1. The predicted octanol–water partition coefficient (Wildman–Crippen LogP) is 2.64. The standard InChI is InChI=1S/C21H24FNO4/c22-18-6-8-19(9-7-18)27-14-20(24)23-15-21(25,16-4-2-1-3-5-16)17-10-12-26-13-11-17/h1-9,17,25H,10-15H2,(H,23,24). The Morgan fingerprint density at radius 1 is 1.15 bits per heavy atom. The Morgan fingerprint density at radius 2 is 1.81 bits per heavy atom. The molecule has 1 amide bonds. The van der Waals surface area contributed by atoms with E-state index in [1.54, 1.807) is 0 Å². The van der Waals surface area contributed by atoms with Crippen molar-refractivity contribution >= 4 is 5.91 Å². The SMILES string of the molecule is O=C(COc1ccc(F)cc1)NCC(O)(c1ccccc1)C1CCOCC1. The van der Waals surface area contributed by atoms with Gasteiger partial charge in [0.15, 0.2) is 6.61 Å². The molecule has 0 radical (unpaired) electrons. The highest BCUT2D eigenvalue weighted by atomic mass is 19.1. The van der Waals surface area contributed by atoms with Crippen LogP contribution in [0.2, 0.25) is 0 Å². The molecule has 1 fully saturated rings. The van der Waals surface area contributed by atoms with E-state index < -0.39 is 5.60 Å². The van der Waals surface area contributed by atoms with Crippen LogP contribution in [0.1, 0.15) is 18.4 Å². The fourth-order valence-electron chi connectivity index (χ4n) is 3.35. The first-order chi connectivity index (χ1) is 13.1. The number of carbonyl (C=O) groups excluding carboxylic acids is 1. The Kier molecular flexibility index (Phi) is 6.42. The maximum absolute atomic E-state index is 12.9. The van der Waals surface area contributed by atoms with Crippen molar-refractivity contribution in [3.63, 3.8) is 0 Å². The van der Waals surface area contributed by atoms with E-state index in [0.717, 1.165) is 18.4 Å². The third kappa shape index (κ3) is 5.05. The van der Waals surface area contributed by atoms with Crippen molar-refractivity contribution in [2.45, 2.75) is 18.4 Å². The van der Waals surface area contributed by atoms with Gasteiger partial charge in [0.2, 0.25) is 0 Å². The predicted molar refractivity (Wildman–Crippen MR) is 98.8 cm³/mol. The number of benzene rings is 2. The third-order valence-electron chi connectivity index (χ3n) is 4.91. The molecule has 0 saturated carbocycles. The summed E-state index contributed by atoms with van der Waals surface area (Å²) in [4.78, 5) is 12.2. The van der Waals surface area contributed by atoms with Gasteiger partial charge in [-0.2, -0.15) is 0 Å². The lowest BCUT2D eigenvalue weighted by Crippen LogP contribution is -2.48. The normalized spacial score (nSPS) is 17.1. The summed E-state index contributed by atoms with van der Waals surface area (Å²) in [7, 11) is 0. The molecule has 1 unspecified atom stereocenters. The number of amides is 1. The van der Waals surface area contributed by atoms with Crippen molar-refractivity contribution in [2.24, 2.45) is 5.92 Å². The molecule has 3 rings (SSSR count). The lowest BCUT2D eigenvalue weighted by atomic mass is 9.77. The number of nitrogens with one attached hydrogen (secondary N) is 1. The molecule has 5 nitrogen and oxygen atoms in total. The maximum atomic E-state index is 12.9. The zero-order chi connectivity index (χ0) is 19.1. The molecule has 2 N–H and O–H groups in total. The molecule has 1 aliphatic rings. The summed E-state index contributed by atoms with van der Waals surface area (Å²) in [5, 5.41) is 14.2. The smallest absolute Gasteiger partial charge is 0.258 e. The molecule has 144 valence electrons. The van der Waals surface area contributed by atoms with E-state index in [4.69, 9.17) is 9.47 Å². The Morgan fingerprint density at radius 3 is 2.48 bits per heavy atom. The minimum absolute atomic E-state index is 0.00744. The van der Waals surface area contributed by atoms with Crippen molar-refractivity contribution in [2.75, 3.05) is 26.4 Å². The Balaban J connectivity index is 1.62. The Labute approximate surface area is 158 Å². The zero-order valence-corrected chi connectivity index (χ0v) is 15.1. The van der Waals surface area contributed by atoms with Crippen LogP contribution in [-0.2, 0) is 15.1 Å². The van der Waals surface area contributed by atoms with Crippen LogP contribution in [0.4, 0.5) is 4.39 Å². The van der Waals surface area contributed by atoms with E-state index in [9.17, 15) is 14.3 Å². The van der Waals surface area contributed by atoms with E-state index in [0.29, 0.717) is 19.0 Å². The monoisotopic (exact) mass is 373 g/mol. The largest absolute Gasteiger partial charge is 0.484 e. The number of halogens is 1. The molecular formula is C21H24FNO4. The van der Waals surface area contributed by atoms with Crippen LogP contribution in [-0.4, -0.2) is 37.4 Å². The van der Waals surface area contributed by atoms with Crippen LogP contribution >= 0.6 is 0 Å². The van der Waals surface area contributed by atoms with Crippen LogP contribution in [0.5, 0.6) is 5.75 Å². The van der Waals surface area contributed by atoms with Crippen molar-refractivity contribution in [3.05, 3.63) is 66.0 Å². The van der Waals surface area contributed by atoms with Gasteiger partial charge in [0.1, 0.15) is 17.2 Å². The van der Waals surface area contributed by atoms with Gasteiger partial charge < -0.3 is 19.9 Å². The van der Waals surface area contributed by atoms with Crippen LogP contribution in [0.3, 0.4) is 0 Å². The molecule has 6 heteroatoms. The van der Waals surface area contributed by atoms with Crippen LogP contribution in [0, 0.1) is 11.7 Å². The summed E-state index contributed by atoms with van der Waals surface area (Å²) < 4.78 is 23.7. The quantitative estimate of drug-likeness (QED) is 0.783. The molecule has 0 aliphatic carbocycles. The number of rotatable bonds is 7. The minimum Gasteiger partial charge on any atom is -0.484 e. The second-order valence-electron chi connectivity index (χ2n) is 6.70. The number of carbonyl (C=O) groups is 1. The fourth-order valence-corrected chi connectivity index (χ4v) is 3.35. The summed E-state index contributed by atoms with van der Waals surface area (Å²) in [6, 6.07) is 14.9. The summed E-state index contributed by atoms with van der Waals surface area (Å²) in [6.07, 6.45) is 1.46. The average molecular weight is 373 g/mol. The molecule has 0 spiro atoms. The highest BCUT2D eigenvalue weighted by Gasteiger charge is 2.39. The molecule has 0 bridgehead atoms. The van der Waals surface area contributed by atoms with Gasteiger partial charge in [-0.15, -0.1) is 0 Å². The molecule has 2 aromatic carbocycles. The van der Waals surface area contributed by atoms with Gasteiger partial charge in [-0.3, -0.25) is 4.79 Å². The van der Waals surface area contributed by atoms with Crippen molar-refractivity contribution in [1.82, 2.24) is 5.32 Å². The number of ether oxygens (including phenoxy) is 2. The lowest BCUT2D eigenvalue weighted by molar-refractivity contribution is -0.126. The summed E-state index contributed by atoms with van der Waals surface area (Å²) >= 11 is 0. The van der Waals surface area contributed by atoms with Gasteiger partial charge in [-0.1, -0.05) is 30.3 Å². The van der Waals surface area contributed by atoms with Gasteiger partial charge in [0, 0.05) is 13.2 Å². The van der Waals surface area contributed by atoms with E-state index in [2.05, 4.69) is 5.32 Å². The topological polar surface area (TPSA) is 67.8 Å². The summed E-state index contributed by atoms with van der Waals surface area (Å²) in [6.45, 7) is 1.08. The van der Waals surface area contributed by atoms with E-state index >= 15 is 0 Å². The van der Waals surface area contributed by atoms with Crippen molar-refractivity contribution in [3.8, 4) is 5.75 Å². The second kappa shape index (κ2) is 8.97. The molecule has 1 atom stereocenters. The first-order valence-corrected chi connectivity index (χ1v) is 9.08. The Bertz CT molecular complexity index is 732. The molecular weight excluding hydrogens is 349 g/mol. The van der Waals surface area contributed by atoms with Gasteiger partial charge in [0.25, 0.3) is 5.91 Å². The van der Waals surface area contributed by atoms with Gasteiger partial charge in [-0.05, 0) is 48.6 Å². The number of hydrogen-bond acceptors (Lipinski definition) is 4. The highest BCUT2D eigenvalue weighted by Crippen LogP contribution is 2.35. The zero-order valence-electron chi connectivity index (χ0n) is 15.1. The first kappa shape index (κ1) is 19.3.